The lowest BCUT2D eigenvalue weighted by atomic mass is 10.1. The molecule has 3 N–H and O–H groups in total. The van der Waals surface area contributed by atoms with E-state index in [0.29, 0.717) is 22.8 Å². The van der Waals surface area contributed by atoms with Gasteiger partial charge >= 0.3 is 11.7 Å². The van der Waals surface area contributed by atoms with Crippen LogP contribution in [-0.4, -0.2) is 34.3 Å². The number of nitrogens with one attached hydrogen (secondary N) is 3. The van der Waals surface area contributed by atoms with E-state index in [0.717, 1.165) is 29.5 Å². The molecule has 1 heterocycles. The van der Waals surface area contributed by atoms with Gasteiger partial charge in [0.1, 0.15) is 23.4 Å². The van der Waals surface area contributed by atoms with Crippen molar-refractivity contribution in [1.29, 1.82) is 0 Å². The van der Waals surface area contributed by atoms with Crippen LogP contribution in [0.25, 0.3) is 5.69 Å². The van der Waals surface area contributed by atoms with E-state index < -0.39 is 22.8 Å². The summed E-state index contributed by atoms with van der Waals surface area (Å²) in [6, 6.07) is 18.8. The fourth-order valence-electron chi connectivity index (χ4n) is 5.48. The first-order chi connectivity index (χ1) is 24.7. The van der Waals surface area contributed by atoms with Gasteiger partial charge in [0.05, 0.1) is 12.1 Å². The number of hydrogen-bond acceptors (Lipinski definition) is 7. The number of aromatic amines is 1. The van der Waals surface area contributed by atoms with Gasteiger partial charge in [0, 0.05) is 22.5 Å². The lowest BCUT2D eigenvalue weighted by Gasteiger charge is -2.13. The van der Waals surface area contributed by atoms with Gasteiger partial charge in [0.2, 0.25) is 11.7 Å². The summed E-state index contributed by atoms with van der Waals surface area (Å²) >= 11 is 19.1. The van der Waals surface area contributed by atoms with E-state index in [1.807, 2.05) is 18.2 Å². The second-order valence-electron chi connectivity index (χ2n) is 12.2. The van der Waals surface area contributed by atoms with Gasteiger partial charge in [0.25, 0.3) is 0 Å². The Morgan fingerprint density at radius 3 is 2.22 bits per heavy atom. The number of hydrogen-bond donors (Lipinski definition) is 3. The molecule has 0 fully saturated rings. The van der Waals surface area contributed by atoms with Gasteiger partial charge in [-0.05, 0) is 36.2 Å². The summed E-state index contributed by atoms with van der Waals surface area (Å²) in [6.45, 7) is 2.16. The molecule has 0 aliphatic rings. The van der Waals surface area contributed by atoms with Crippen LogP contribution in [0.15, 0.2) is 71.5 Å². The Hall–Kier alpha value is -4.12. The molecule has 4 aromatic rings. The normalized spacial score (nSPS) is 11.5. The molecular formula is C38H45Cl3N4O6. The number of aromatic nitrogens is 2. The predicted molar refractivity (Wildman–Crippen MR) is 205 cm³/mol. The van der Waals surface area contributed by atoms with Crippen LogP contribution in [0.4, 0.5) is 22.0 Å². The number of methoxy groups -OCH3 is 1. The topological polar surface area (TPSA) is 124 Å². The van der Waals surface area contributed by atoms with Crippen LogP contribution < -0.4 is 25.7 Å². The molecule has 1 amide bonds. The van der Waals surface area contributed by atoms with Crippen LogP contribution in [0, 0.1) is 0 Å². The number of benzene rings is 3. The summed E-state index contributed by atoms with van der Waals surface area (Å²) in [4.78, 5) is 39.4. The molecule has 4 rings (SSSR count). The van der Waals surface area contributed by atoms with Crippen molar-refractivity contribution in [2.75, 3.05) is 17.7 Å². The minimum Gasteiger partial charge on any atom is -0.494 e. The summed E-state index contributed by atoms with van der Waals surface area (Å²) in [6.07, 6.45) is 11.5. The summed E-state index contributed by atoms with van der Waals surface area (Å²) in [5.41, 5.74) is 1.05. The number of alkyl halides is 1. The molecule has 274 valence electrons. The molecule has 0 bridgehead atoms. The first kappa shape index (κ1) is 39.7. The number of rotatable bonds is 20. The largest absolute Gasteiger partial charge is 0.514 e. The lowest BCUT2D eigenvalue weighted by molar-refractivity contribution is -0.116. The Kier molecular flexibility index (Phi) is 16.1. The average molecular weight is 760 g/mol. The van der Waals surface area contributed by atoms with Crippen LogP contribution in [0.5, 0.6) is 11.5 Å². The number of unbranched alkanes of at least 4 members (excludes halogenated alkanes) is 9. The van der Waals surface area contributed by atoms with Crippen molar-refractivity contribution in [3.8, 4) is 17.2 Å². The van der Waals surface area contributed by atoms with Crippen LogP contribution in [-0.2, 0) is 16.1 Å². The number of amides is 1. The molecule has 51 heavy (non-hydrogen) atoms. The minimum absolute atomic E-state index is 0.00406. The molecule has 1 unspecified atom stereocenters. The van der Waals surface area contributed by atoms with Crippen LogP contribution >= 0.6 is 34.8 Å². The van der Waals surface area contributed by atoms with Crippen molar-refractivity contribution in [2.45, 2.75) is 89.5 Å². The van der Waals surface area contributed by atoms with E-state index in [-0.39, 0.29) is 34.8 Å². The number of nitrogens with zero attached hydrogens (tertiary/aromatic N) is 1. The first-order valence-corrected chi connectivity index (χ1v) is 18.5. The molecule has 0 spiro atoms. The highest BCUT2D eigenvalue weighted by atomic mass is 35.5. The first-order valence-electron chi connectivity index (χ1n) is 17.3. The highest BCUT2D eigenvalue weighted by molar-refractivity contribution is 6.36. The Morgan fingerprint density at radius 1 is 0.863 bits per heavy atom. The van der Waals surface area contributed by atoms with Gasteiger partial charge in [-0.1, -0.05) is 131 Å². The zero-order valence-electron chi connectivity index (χ0n) is 28.9. The monoisotopic (exact) mass is 758 g/mol. The molecular weight excluding hydrogens is 715 g/mol. The molecule has 3 aromatic carbocycles. The number of H-pyrrole nitrogens is 1. The Bertz CT molecular complexity index is 1780. The quantitative estimate of drug-likeness (QED) is 0.0465. The van der Waals surface area contributed by atoms with E-state index in [4.69, 9.17) is 49.0 Å². The van der Waals surface area contributed by atoms with E-state index in [9.17, 15) is 14.4 Å². The fourth-order valence-corrected chi connectivity index (χ4v) is 6.25. The van der Waals surface area contributed by atoms with Gasteiger partial charge < -0.3 is 24.8 Å². The molecule has 0 radical (unpaired) electrons. The SMILES string of the molecule is CCCCCCCCCCCCC(Cl)C(=O)Nc1cccc(Nc2[nH]n(-c3c(Cl)cc(Cl)cc3OC)c(=O)c2OC(=O)OCc2ccccc2)c1. The van der Waals surface area contributed by atoms with E-state index in [1.165, 1.54) is 64.2 Å². The molecule has 1 atom stereocenters. The van der Waals surface area contributed by atoms with Crippen molar-refractivity contribution in [3.63, 3.8) is 0 Å². The van der Waals surface area contributed by atoms with Gasteiger partial charge in [-0.15, -0.1) is 11.6 Å². The van der Waals surface area contributed by atoms with E-state index >= 15 is 0 Å². The van der Waals surface area contributed by atoms with Crippen LogP contribution in [0.3, 0.4) is 0 Å². The molecule has 0 aliphatic heterocycles. The summed E-state index contributed by atoms with van der Waals surface area (Å²) in [5, 5.41) is 8.55. The average Bonchev–Trinajstić information content (AvgIpc) is 3.41. The lowest BCUT2D eigenvalue weighted by Crippen LogP contribution is -2.23. The number of carbonyl (C=O) groups is 2. The summed E-state index contributed by atoms with van der Waals surface area (Å²) in [5.74, 6) is -0.505. The van der Waals surface area contributed by atoms with E-state index in [2.05, 4.69) is 22.7 Å². The molecule has 0 saturated heterocycles. The highest BCUT2D eigenvalue weighted by Gasteiger charge is 2.25. The second kappa shape index (κ2) is 20.7. The van der Waals surface area contributed by atoms with Crippen molar-refractivity contribution in [1.82, 2.24) is 9.78 Å². The number of halogens is 3. The fraction of sp³-hybridized carbons (Fsp3) is 0.395. The third-order valence-electron chi connectivity index (χ3n) is 8.16. The number of anilines is 3. The third kappa shape index (κ3) is 12.3. The van der Waals surface area contributed by atoms with Gasteiger partial charge in [-0.3, -0.25) is 14.7 Å². The van der Waals surface area contributed by atoms with Crippen molar-refractivity contribution in [2.24, 2.45) is 0 Å². The molecule has 10 nitrogen and oxygen atoms in total. The van der Waals surface area contributed by atoms with Crippen molar-refractivity contribution < 1.29 is 23.8 Å². The number of carbonyl (C=O) groups excluding carboxylic acids is 2. The Labute approximate surface area is 313 Å². The zero-order chi connectivity index (χ0) is 36.6. The summed E-state index contributed by atoms with van der Waals surface area (Å²) < 4.78 is 17.2. The van der Waals surface area contributed by atoms with Crippen molar-refractivity contribution in [3.05, 3.63) is 92.7 Å². The maximum atomic E-state index is 13.7. The van der Waals surface area contributed by atoms with Gasteiger partial charge in [-0.25, -0.2) is 9.48 Å². The standard InChI is InChI=1S/C38H45Cl3N4O6/c1-3-4-5-6-7-8-9-10-11-15-21-30(40)36(46)43-29-20-16-19-28(24-29)42-35-34(51-38(48)50-25-26-17-13-12-14-18-26)37(47)45(44-35)33-31(41)22-27(39)23-32(33)49-2/h12-14,16-20,22-24,30,42,44H,3-11,15,21,25H2,1-2H3,(H,43,46). The Morgan fingerprint density at radius 2 is 1.53 bits per heavy atom. The molecule has 0 aliphatic carbocycles. The smallest absolute Gasteiger partial charge is 0.494 e. The molecule has 0 saturated carbocycles. The third-order valence-corrected chi connectivity index (χ3v) is 9.09. The molecule has 1 aromatic heterocycles. The van der Waals surface area contributed by atoms with Crippen LogP contribution in [0.2, 0.25) is 10.0 Å². The van der Waals surface area contributed by atoms with Crippen LogP contribution in [0.1, 0.15) is 83.1 Å². The van der Waals surface area contributed by atoms with Crippen molar-refractivity contribution >= 4 is 64.1 Å². The number of ether oxygens (including phenoxy) is 3. The van der Waals surface area contributed by atoms with Gasteiger partial charge in [0.15, 0.2) is 5.82 Å². The second-order valence-corrected chi connectivity index (χ2v) is 13.5. The Balaban J connectivity index is 1.43. The van der Waals surface area contributed by atoms with Gasteiger partial charge in [-0.2, -0.15) is 0 Å². The minimum atomic E-state index is -1.10. The maximum absolute atomic E-state index is 13.7. The highest BCUT2D eigenvalue weighted by Crippen LogP contribution is 2.35. The zero-order valence-corrected chi connectivity index (χ0v) is 31.2. The maximum Gasteiger partial charge on any atom is 0.514 e. The summed E-state index contributed by atoms with van der Waals surface area (Å²) in [7, 11) is 1.40. The predicted octanol–water partition coefficient (Wildman–Crippen LogP) is 10.8. The molecule has 13 heteroatoms. The van der Waals surface area contributed by atoms with E-state index in [1.54, 1.807) is 36.4 Å².